The smallest absolute Gasteiger partial charge is 0.236 e. The minimum Gasteiger partial charge on any atom is -0.444 e. The third kappa shape index (κ3) is 4.17. The number of ether oxygens (including phenoxy) is 1. The molecule has 1 atom stereocenters. The van der Waals surface area contributed by atoms with E-state index in [0.29, 0.717) is 11.6 Å². The summed E-state index contributed by atoms with van der Waals surface area (Å²) in [7, 11) is 0. The highest BCUT2D eigenvalue weighted by molar-refractivity contribution is 7.98. The van der Waals surface area contributed by atoms with Crippen molar-refractivity contribution >= 4 is 23.1 Å². The standard InChI is InChI=1S/C22H21N3O2S2/c1-2-6-16(7-3-1)19-12-23-22(25(19)13-18-8-4-10-26-18)29-15-17-14-27-21(24-17)20-9-5-11-28-20/h1-3,5-7,9,11-12,14,18H,4,8,10,13,15H2. The van der Waals surface area contributed by atoms with Gasteiger partial charge in [-0.1, -0.05) is 48.2 Å². The molecule has 0 N–H and O–H groups in total. The van der Waals surface area contributed by atoms with Crippen molar-refractivity contribution in [2.75, 3.05) is 6.61 Å². The Morgan fingerprint density at radius 1 is 1.17 bits per heavy atom. The quantitative estimate of drug-likeness (QED) is 0.355. The summed E-state index contributed by atoms with van der Waals surface area (Å²) in [5.41, 5.74) is 3.22. The lowest BCUT2D eigenvalue weighted by atomic mass is 10.1. The van der Waals surface area contributed by atoms with Gasteiger partial charge in [-0.2, -0.15) is 0 Å². The highest BCUT2D eigenvalue weighted by Gasteiger charge is 2.21. The largest absolute Gasteiger partial charge is 0.444 e. The van der Waals surface area contributed by atoms with Crippen LogP contribution in [0, 0.1) is 0 Å². The van der Waals surface area contributed by atoms with E-state index in [-0.39, 0.29) is 6.10 Å². The van der Waals surface area contributed by atoms with Crippen molar-refractivity contribution in [2.24, 2.45) is 0 Å². The molecule has 1 unspecified atom stereocenters. The van der Waals surface area contributed by atoms with Gasteiger partial charge in [0.15, 0.2) is 5.16 Å². The summed E-state index contributed by atoms with van der Waals surface area (Å²) in [4.78, 5) is 10.4. The number of imidazole rings is 1. The summed E-state index contributed by atoms with van der Waals surface area (Å²) in [5.74, 6) is 1.40. The number of hydrogen-bond donors (Lipinski definition) is 0. The van der Waals surface area contributed by atoms with E-state index in [9.17, 15) is 0 Å². The summed E-state index contributed by atoms with van der Waals surface area (Å²) in [6, 6.07) is 14.4. The number of oxazole rings is 1. The van der Waals surface area contributed by atoms with Crippen LogP contribution in [0.5, 0.6) is 0 Å². The molecular weight excluding hydrogens is 402 g/mol. The fraction of sp³-hybridized carbons (Fsp3) is 0.273. The second-order valence-corrected chi connectivity index (χ2v) is 8.84. The van der Waals surface area contributed by atoms with Crippen LogP contribution in [-0.4, -0.2) is 27.2 Å². The molecule has 4 aromatic rings. The van der Waals surface area contributed by atoms with Gasteiger partial charge in [-0.05, 0) is 29.9 Å². The molecular formula is C22H21N3O2S2. The number of nitrogens with zero attached hydrogens (tertiary/aromatic N) is 3. The van der Waals surface area contributed by atoms with E-state index in [1.807, 2.05) is 29.8 Å². The average Bonchev–Trinajstić information content (AvgIpc) is 3.55. The zero-order chi connectivity index (χ0) is 19.5. The molecule has 148 valence electrons. The molecule has 3 aromatic heterocycles. The van der Waals surface area contributed by atoms with E-state index in [1.165, 1.54) is 5.56 Å². The number of rotatable bonds is 7. The van der Waals surface area contributed by atoms with Gasteiger partial charge in [0.1, 0.15) is 6.26 Å². The Kier molecular flexibility index (Phi) is 5.51. The molecule has 0 aliphatic carbocycles. The molecule has 1 aliphatic heterocycles. The summed E-state index contributed by atoms with van der Waals surface area (Å²) in [6.07, 6.45) is 6.19. The first kappa shape index (κ1) is 18.7. The number of benzene rings is 1. The molecule has 1 saturated heterocycles. The zero-order valence-electron chi connectivity index (χ0n) is 15.9. The van der Waals surface area contributed by atoms with Gasteiger partial charge in [0, 0.05) is 12.4 Å². The molecule has 0 amide bonds. The maximum atomic E-state index is 5.90. The van der Waals surface area contributed by atoms with Gasteiger partial charge < -0.3 is 13.7 Å². The van der Waals surface area contributed by atoms with Crippen LogP contribution in [0.15, 0.2) is 69.9 Å². The highest BCUT2D eigenvalue weighted by atomic mass is 32.2. The van der Waals surface area contributed by atoms with Crippen LogP contribution in [0.4, 0.5) is 0 Å². The van der Waals surface area contributed by atoms with Crippen LogP contribution in [0.25, 0.3) is 22.0 Å². The molecule has 0 radical (unpaired) electrons. The number of thioether (sulfide) groups is 1. The third-order valence-electron chi connectivity index (χ3n) is 4.93. The number of hydrogen-bond acceptors (Lipinski definition) is 6. The maximum Gasteiger partial charge on any atom is 0.236 e. The predicted molar refractivity (Wildman–Crippen MR) is 116 cm³/mol. The first-order valence-electron chi connectivity index (χ1n) is 9.70. The summed E-state index contributed by atoms with van der Waals surface area (Å²) >= 11 is 3.32. The van der Waals surface area contributed by atoms with Crippen LogP contribution in [0.3, 0.4) is 0 Å². The van der Waals surface area contributed by atoms with Crippen molar-refractivity contribution in [1.82, 2.24) is 14.5 Å². The zero-order valence-corrected chi connectivity index (χ0v) is 17.5. The van der Waals surface area contributed by atoms with Gasteiger partial charge in [-0.3, -0.25) is 0 Å². The van der Waals surface area contributed by atoms with E-state index >= 15 is 0 Å². The lowest BCUT2D eigenvalue weighted by Crippen LogP contribution is -2.16. The van der Waals surface area contributed by atoms with Crippen LogP contribution < -0.4 is 0 Å². The molecule has 1 fully saturated rings. The SMILES string of the molecule is c1ccc(-c2cnc(SCc3coc(-c4cccs4)n3)n2CC2CCCO2)cc1. The minimum absolute atomic E-state index is 0.253. The second kappa shape index (κ2) is 8.57. The van der Waals surface area contributed by atoms with E-state index < -0.39 is 0 Å². The molecule has 0 spiro atoms. The van der Waals surface area contributed by atoms with Gasteiger partial charge in [0.2, 0.25) is 5.89 Å². The van der Waals surface area contributed by atoms with E-state index in [0.717, 1.165) is 47.4 Å². The first-order valence-corrected chi connectivity index (χ1v) is 11.6. The lowest BCUT2D eigenvalue weighted by molar-refractivity contribution is 0.0954. The van der Waals surface area contributed by atoms with Crippen LogP contribution in [0.2, 0.25) is 0 Å². The fourth-order valence-corrected chi connectivity index (χ4v) is 5.03. The summed E-state index contributed by atoms with van der Waals surface area (Å²) in [5, 5.41) is 3.01. The molecule has 5 rings (SSSR count). The Labute approximate surface area is 177 Å². The van der Waals surface area contributed by atoms with Crippen LogP contribution in [-0.2, 0) is 17.0 Å². The lowest BCUT2D eigenvalue weighted by Gasteiger charge is -2.16. The molecule has 0 saturated carbocycles. The molecule has 4 heterocycles. The monoisotopic (exact) mass is 423 g/mol. The van der Waals surface area contributed by atoms with Crippen molar-refractivity contribution in [3.8, 4) is 22.0 Å². The molecule has 5 nitrogen and oxygen atoms in total. The van der Waals surface area contributed by atoms with E-state index in [4.69, 9.17) is 14.1 Å². The van der Waals surface area contributed by atoms with Crippen LogP contribution in [0.1, 0.15) is 18.5 Å². The maximum absolute atomic E-state index is 5.90. The highest BCUT2D eigenvalue weighted by Crippen LogP contribution is 2.31. The summed E-state index contributed by atoms with van der Waals surface area (Å²) in [6.45, 7) is 1.68. The van der Waals surface area contributed by atoms with E-state index in [2.05, 4.69) is 33.8 Å². The van der Waals surface area contributed by atoms with Crippen molar-refractivity contribution in [1.29, 1.82) is 0 Å². The van der Waals surface area contributed by atoms with Gasteiger partial charge in [0.05, 0.1) is 35.1 Å². The Balaban J connectivity index is 1.37. The normalized spacial score (nSPS) is 16.5. The Morgan fingerprint density at radius 2 is 2.10 bits per heavy atom. The predicted octanol–water partition coefficient (Wildman–Crippen LogP) is 5.74. The van der Waals surface area contributed by atoms with Crippen LogP contribution >= 0.6 is 23.1 Å². The first-order chi connectivity index (χ1) is 14.4. The molecule has 29 heavy (non-hydrogen) atoms. The number of thiophene rings is 1. The van der Waals surface area contributed by atoms with Gasteiger partial charge in [0.25, 0.3) is 0 Å². The van der Waals surface area contributed by atoms with E-state index in [1.54, 1.807) is 29.4 Å². The Hall–Kier alpha value is -2.35. The van der Waals surface area contributed by atoms with Crippen molar-refractivity contribution in [3.05, 3.63) is 66.0 Å². The third-order valence-corrected chi connectivity index (χ3v) is 6.81. The average molecular weight is 424 g/mol. The molecule has 1 aromatic carbocycles. The van der Waals surface area contributed by atoms with Gasteiger partial charge in [-0.25, -0.2) is 9.97 Å². The second-order valence-electron chi connectivity index (χ2n) is 6.95. The minimum atomic E-state index is 0.253. The van der Waals surface area contributed by atoms with Crippen molar-refractivity contribution in [2.45, 2.75) is 36.4 Å². The Bertz CT molecular complexity index is 1050. The van der Waals surface area contributed by atoms with Crippen molar-refractivity contribution in [3.63, 3.8) is 0 Å². The molecule has 7 heteroatoms. The fourth-order valence-electron chi connectivity index (χ4n) is 3.51. The van der Waals surface area contributed by atoms with Gasteiger partial charge >= 0.3 is 0 Å². The number of aromatic nitrogens is 3. The molecule has 0 bridgehead atoms. The Morgan fingerprint density at radius 3 is 2.90 bits per heavy atom. The molecule has 1 aliphatic rings. The summed E-state index contributed by atoms with van der Waals surface area (Å²) < 4.78 is 13.8. The van der Waals surface area contributed by atoms with Gasteiger partial charge in [-0.15, -0.1) is 11.3 Å². The topological polar surface area (TPSA) is 53.1 Å². The van der Waals surface area contributed by atoms with Crippen molar-refractivity contribution < 1.29 is 9.15 Å².